The molecule has 5 atom stereocenters. The fourth-order valence-corrected chi connectivity index (χ4v) is 4.99. The van der Waals surface area contributed by atoms with Gasteiger partial charge in [-0.05, 0) is 55.4 Å². The van der Waals surface area contributed by atoms with E-state index in [1.54, 1.807) is 0 Å². The highest BCUT2D eigenvalue weighted by Crippen LogP contribution is 2.59. The minimum absolute atomic E-state index is 0.122. The second-order valence-electron chi connectivity index (χ2n) is 6.67. The maximum absolute atomic E-state index is 12.7. The lowest BCUT2D eigenvalue weighted by Crippen LogP contribution is -2.34. The highest BCUT2D eigenvalue weighted by Gasteiger charge is 2.53. The number of nitrogens with zero attached hydrogens (tertiary/aromatic N) is 2. The second-order valence-corrected chi connectivity index (χ2v) is 6.67. The van der Waals surface area contributed by atoms with E-state index >= 15 is 0 Å². The van der Waals surface area contributed by atoms with Crippen LogP contribution in [0.4, 0.5) is 19.1 Å². The van der Waals surface area contributed by atoms with Crippen molar-refractivity contribution in [1.29, 1.82) is 0 Å². The third-order valence-electron chi connectivity index (χ3n) is 5.69. The van der Waals surface area contributed by atoms with Crippen molar-refractivity contribution in [2.24, 2.45) is 23.7 Å². The number of nitrogens with one attached hydrogen (secondary N) is 1. The molecule has 3 fully saturated rings. The van der Waals surface area contributed by atoms with Gasteiger partial charge in [0.05, 0.1) is 0 Å². The average molecular weight is 297 g/mol. The molecule has 0 spiro atoms. The van der Waals surface area contributed by atoms with Crippen LogP contribution in [0.3, 0.4) is 0 Å². The first-order valence-electron chi connectivity index (χ1n) is 7.69. The van der Waals surface area contributed by atoms with Crippen LogP contribution in [0.5, 0.6) is 0 Å². The van der Waals surface area contributed by atoms with E-state index in [-0.39, 0.29) is 12.0 Å². The molecule has 6 heteroatoms. The van der Waals surface area contributed by atoms with Gasteiger partial charge in [0.1, 0.15) is 5.69 Å². The van der Waals surface area contributed by atoms with Crippen LogP contribution in [-0.4, -0.2) is 16.0 Å². The van der Waals surface area contributed by atoms with Crippen molar-refractivity contribution in [2.75, 3.05) is 5.32 Å². The molecule has 3 aliphatic carbocycles. The third kappa shape index (κ3) is 2.19. The van der Waals surface area contributed by atoms with E-state index < -0.39 is 11.9 Å². The molecule has 1 N–H and O–H groups in total. The molecule has 1 aromatic rings. The zero-order valence-electron chi connectivity index (χ0n) is 11.6. The zero-order valence-corrected chi connectivity index (χ0v) is 11.6. The Bertz CT molecular complexity index is 545. The molecule has 0 aliphatic heterocycles. The van der Waals surface area contributed by atoms with Crippen LogP contribution in [-0.2, 0) is 6.18 Å². The summed E-state index contributed by atoms with van der Waals surface area (Å²) < 4.78 is 38.1. The van der Waals surface area contributed by atoms with Gasteiger partial charge in [0.15, 0.2) is 0 Å². The summed E-state index contributed by atoms with van der Waals surface area (Å²) in [6.07, 6.45) is 3.01. The van der Waals surface area contributed by atoms with Gasteiger partial charge in [-0.1, -0.05) is 6.42 Å². The van der Waals surface area contributed by atoms with Crippen LogP contribution in [0.25, 0.3) is 0 Å². The molecule has 21 heavy (non-hydrogen) atoms. The molecule has 0 saturated heterocycles. The van der Waals surface area contributed by atoms with Crippen molar-refractivity contribution in [3.8, 4) is 0 Å². The summed E-state index contributed by atoms with van der Waals surface area (Å²) in [5, 5.41) is 3.18. The topological polar surface area (TPSA) is 37.8 Å². The molecular weight excluding hydrogens is 279 g/mol. The van der Waals surface area contributed by atoms with Gasteiger partial charge in [0, 0.05) is 12.2 Å². The van der Waals surface area contributed by atoms with Crippen LogP contribution in [0, 0.1) is 23.7 Å². The Morgan fingerprint density at radius 3 is 2.71 bits per heavy atom. The highest BCUT2D eigenvalue weighted by molar-refractivity contribution is 5.30. The quantitative estimate of drug-likeness (QED) is 0.904. The number of fused-ring (bicyclic) bond motifs is 5. The van der Waals surface area contributed by atoms with Crippen LogP contribution < -0.4 is 5.32 Å². The zero-order chi connectivity index (χ0) is 14.6. The van der Waals surface area contributed by atoms with E-state index in [1.165, 1.54) is 31.9 Å². The maximum Gasteiger partial charge on any atom is 0.433 e. The van der Waals surface area contributed by atoms with E-state index in [1.807, 2.05) is 0 Å². The third-order valence-corrected chi connectivity index (χ3v) is 5.69. The van der Waals surface area contributed by atoms with Crippen LogP contribution >= 0.6 is 0 Å². The molecule has 114 valence electrons. The van der Waals surface area contributed by atoms with Gasteiger partial charge in [0.2, 0.25) is 5.95 Å². The van der Waals surface area contributed by atoms with Gasteiger partial charge in [-0.3, -0.25) is 0 Å². The largest absolute Gasteiger partial charge is 0.433 e. The van der Waals surface area contributed by atoms with Crippen molar-refractivity contribution in [3.05, 3.63) is 18.0 Å². The number of alkyl halides is 3. The van der Waals surface area contributed by atoms with Gasteiger partial charge < -0.3 is 5.32 Å². The lowest BCUT2D eigenvalue weighted by Gasteiger charge is -2.32. The van der Waals surface area contributed by atoms with Gasteiger partial charge >= 0.3 is 6.18 Å². The van der Waals surface area contributed by atoms with Crippen LogP contribution in [0.2, 0.25) is 0 Å². The minimum Gasteiger partial charge on any atom is -0.351 e. The Balaban J connectivity index is 1.50. The molecule has 3 saturated carbocycles. The molecule has 1 heterocycles. The SMILES string of the molecule is FC(F)(F)c1ccnc(N[C@@H]2C[C@H]3C[C@H]2[C@H]2CCC[C@H]32)n1. The summed E-state index contributed by atoms with van der Waals surface area (Å²) >= 11 is 0. The van der Waals surface area contributed by atoms with Crippen molar-refractivity contribution in [1.82, 2.24) is 9.97 Å². The molecular formula is C15H18F3N3. The average Bonchev–Trinajstić information content (AvgIpc) is 3.09. The van der Waals surface area contributed by atoms with E-state index in [0.29, 0.717) is 5.92 Å². The lowest BCUT2D eigenvalue weighted by molar-refractivity contribution is -0.141. The van der Waals surface area contributed by atoms with Crippen molar-refractivity contribution >= 4 is 5.95 Å². The second kappa shape index (κ2) is 4.58. The van der Waals surface area contributed by atoms with E-state index in [9.17, 15) is 13.2 Å². The number of rotatable bonds is 2. The van der Waals surface area contributed by atoms with Gasteiger partial charge in [-0.25, -0.2) is 9.97 Å². The highest BCUT2D eigenvalue weighted by atomic mass is 19.4. The molecule has 4 rings (SSSR count). The van der Waals surface area contributed by atoms with E-state index in [0.717, 1.165) is 30.2 Å². The Morgan fingerprint density at radius 2 is 1.90 bits per heavy atom. The summed E-state index contributed by atoms with van der Waals surface area (Å²) in [5.41, 5.74) is -0.873. The first-order chi connectivity index (χ1) is 10.0. The number of anilines is 1. The Kier molecular flexibility index (Phi) is 2.91. The molecule has 3 nitrogen and oxygen atoms in total. The molecule has 0 aromatic carbocycles. The smallest absolute Gasteiger partial charge is 0.351 e. The molecule has 3 aliphatic rings. The predicted molar refractivity (Wildman–Crippen MR) is 71.5 cm³/mol. The summed E-state index contributed by atoms with van der Waals surface area (Å²) in [7, 11) is 0. The van der Waals surface area contributed by atoms with Crippen molar-refractivity contribution < 1.29 is 13.2 Å². The Hall–Kier alpha value is -1.33. The molecule has 1 aromatic heterocycles. The molecule has 0 amide bonds. The number of hydrogen-bond donors (Lipinski definition) is 1. The minimum atomic E-state index is -4.41. The maximum atomic E-state index is 12.7. The first-order valence-corrected chi connectivity index (χ1v) is 7.69. The summed E-state index contributed by atoms with van der Waals surface area (Å²) in [4.78, 5) is 7.59. The van der Waals surface area contributed by atoms with Gasteiger partial charge in [-0.2, -0.15) is 13.2 Å². The molecule has 0 radical (unpaired) electrons. The predicted octanol–water partition coefficient (Wildman–Crippen LogP) is 3.73. The number of aromatic nitrogens is 2. The Morgan fingerprint density at radius 1 is 1.10 bits per heavy atom. The number of hydrogen-bond acceptors (Lipinski definition) is 3. The van der Waals surface area contributed by atoms with E-state index in [4.69, 9.17) is 0 Å². The number of halogens is 3. The fourth-order valence-electron chi connectivity index (χ4n) is 4.99. The van der Waals surface area contributed by atoms with Crippen molar-refractivity contribution in [3.63, 3.8) is 0 Å². The van der Waals surface area contributed by atoms with Crippen LogP contribution in [0.15, 0.2) is 12.3 Å². The summed E-state index contributed by atoms with van der Waals surface area (Å²) in [6.45, 7) is 0. The summed E-state index contributed by atoms with van der Waals surface area (Å²) in [5.74, 6) is 3.12. The normalized spacial score (nSPS) is 37.8. The molecule has 0 unspecified atom stereocenters. The van der Waals surface area contributed by atoms with Crippen molar-refractivity contribution in [2.45, 2.75) is 44.3 Å². The van der Waals surface area contributed by atoms with Gasteiger partial charge in [0.25, 0.3) is 0 Å². The standard InChI is InChI=1S/C15H18F3N3/c16-15(17,18)13-4-5-19-14(21-13)20-12-7-8-6-11(12)10-3-1-2-9(8)10/h4-5,8-12H,1-3,6-7H2,(H,19,20,21)/t8-,9-,10+,11+,12-/m1/s1. The summed E-state index contributed by atoms with van der Waals surface area (Å²) in [6, 6.07) is 1.16. The van der Waals surface area contributed by atoms with E-state index in [2.05, 4.69) is 15.3 Å². The van der Waals surface area contributed by atoms with Gasteiger partial charge in [-0.15, -0.1) is 0 Å². The Labute approximate surface area is 121 Å². The van der Waals surface area contributed by atoms with Crippen LogP contribution in [0.1, 0.15) is 37.8 Å². The monoisotopic (exact) mass is 297 g/mol. The lowest BCUT2D eigenvalue weighted by atomic mass is 9.79. The first kappa shape index (κ1) is 13.3. The fraction of sp³-hybridized carbons (Fsp3) is 0.733. The molecule has 2 bridgehead atoms.